The minimum Gasteiger partial charge on any atom is -0.481 e. The van der Waals surface area contributed by atoms with Crippen molar-refractivity contribution in [1.29, 1.82) is 0 Å². The van der Waals surface area contributed by atoms with E-state index in [9.17, 15) is 9.59 Å². The van der Waals surface area contributed by atoms with Crippen LogP contribution in [0.15, 0.2) is 0 Å². The zero-order valence-electron chi connectivity index (χ0n) is 9.74. The number of hydrogen-bond acceptors (Lipinski definition) is 4. The van der Waals surface area contributed by atoms with E-state index in [0.29, 0.717) is 6.54 Å². The number of carbonyl (C=O) groups is 2. The molecular weight excluding hydrogens is 198 g/mol. The van der Waals surface area contributed by atoms with Gasteiger partial charge in [-0.05, 0) is 27.9 Å². The van der Waals surface area contributed by atoms with Crippen LogP contribution in [0.25, 0.3) is 0 Å². The molecule has 0 aliphatic heterocycles. The number of rotatable bonds is 6. The van der Waals surface area contributed by atoms with Gasteiger partial charge in [0.15, 0.2) is 0 Å². The molecule has 5 heteroatoms. The van der Waals surface area contributed by atoms with Gasteiger partial charge in [0.25, 0.3) is 0 Å². The van der Waals surface area contributed by atoms with Crippen molar-refractivity contribution >= 4 is 11.9 Å². The molecule has 1 N–H and O–H groups in total. The zero-order valence-corrected chi connectivity index (χ0v) is 9.74. The SMILES string of the molecule is CN(C)CCOC(=O)C(C)(C)CC(=O)O. The number of carboxylic acid groups (broad SMARTS) is 1. The van der Waals surface area contributed by atoms with Crippen molar-refractivity contribution in [2.75, 3.05) is 27.2 Å². The number of carbonyl (C=O) groups excluding carboxylic acids is 1. The van der Waals surface area contributed by atoms with Crippen LogP contribution >= 0.6 is 0 Å². The number of nitrogens with zero attached hydrogens (tertiary/aromatic N) is 1. The molecule has 15 heavy (non-hydrogen) atoms. The molecule has 0 aliphatic carbocycles. The Morgan fingerprint density at radius 1 is 1.33 bits per heavy atom. The van der Waals surface area contributed by atoms with E-state index in [1.807, 2.05) is 19.0 Å². The van der Waals surface area contributed by atoms with Crippen LogP contribution in [-0.4, -0.2) is 49.2 Å². The van der Waals surface area contributed by atoms with Crippen LogP contribution in [-0.2, 0) is 14.3 Å². The van der Waals surface area contributed by atoms with E-state index in [1.54, 1.807) is 13.8 Å². The first-order valence-corrected chi connectivity index (χ1v) is 4.79. The lowest BCUT2D eigenvalue weighted by Crippen LogP contribution is -2.31. The number of carboxylic acids is 1. The maximum atomic E-state index is 11.5. The lowest BCUT2D eigenvalue weighted by Gasteiger charge is -2.20. The summed E-state index contributed by atoms with van der Waals surface area (Å²) in [5, 5.41) is 8.60. The van der Waals surface area contributed by atoms with E-state index < -0.39 is 17.4 Å². The normalized spacial score (nSPS) is 11.5. The van der Waals surface area contributed by atoms with Gasteiger partial charge in [0, 0.05) is 6.54 Å². The molecule has 0 aliphatic rings. The number of ether oxygens (including phenoxy) is 1. The second-order valence-corrected chi connectivity index (χ2v) is 4.39. The molecule has 0 aromatic rings. The highest BCUT2D eigenvalue weighted by molar-refractivity contribution is 5.81. The highest BCUT2D eigenvalue weighted by atomic mass is 16.5. The van der Waals surface area contributed by atoms with Crippen LogP contribution in [0.5, 0.6) is 0 Å². The summed E-state index contributed by atoms with van der Waals surface area (Å²) in [6.45, 7) is 4.06. The fourth-order valence-electron chi connectivity index (χ4n) is 0.967. The van der Waals surface area contributed by atoms with Gasteiger partial charge in [0.2, 0.25) is 0 Å². The van der Waals surface area contributed by atoms with Gasteiger partial charge in [-0.3, -0.25) is 9.59 Å². The lowest BCUT2D eigenvalue weighted by atomic mass is 9.90. The van der Waals surface area contributed by atoms with Gasteiger partial charge in [-0.25, -0.2) is 0 Å². The Balaban J connectivity index is 4.02. The van der Waals surface area contributed by atoms with Crippen molar-refractivity contribution in [2.45, 2.75) is 20.3 Å². The van der Waals surface area contributed by atoms with Crippen LogP contribution in [0.3, 0.4) is 0 Å². The molecule has 0 fully saturated rings. The highest BCUT2D eigenvalue weighted by Gasteiger charge is 2.31. The summed E-state index contributed by atoms with van der Waals surface area (Å²) in [5.41, 5.74) is -0.960. The highest BCUT2D eigenvalue weighted by Crippen LogP contribution is 2.21. The average Bonchev–Trinajstić information content (AvgIpc) is 2.00. The van der Waals surface area contributed by atoms with Crippen LogP contribution in [0.4, 0.5) is 0 Å². The fraction of sp³-hybridized carbons (Fsp3) is 0.800. The molecule has 0 heterocycles. The molecule has 0 saturated carbocycles. The minimum absolute atomic E-state index is 0.214. The predicted molar refractivity (Wildman–Crippen MR) is 55.5 cm³/mol. The van der Waals surface area contributed by atoms with E-state index in [-0.39, 0.29) is 13.0 Å². The Morgan fingerprint density at radius 2 is 1.87 bits per heavy atom. The minimum atomic E-state index is -0.996. The van der Waals surface area contributed by atoms with Crippen molar-refractivity contribution in [1.82, 2.24) is 4.90 Å². The van der Waals surface area contributed by atoms with Crippen LogP contribution in [0.1, 0.15) is 20.3 Å². The standard InChI is InChI=1S/C10H19NO4/c1-10(2,7-8(12)13)9(14)15-6-5-11(3)4/h5-7H2,1-4H3,(H,12,13). The van der Waals surface area contributed by atoms with Gasteiger partial charge < -0.3 is 14.7 Å². The predicted octanol–water partition coefficient (Wildman–Crippen LogP) is 0.592. The Labute approximate surface area is 90.0 Å². The van der Waals surface area contributed by atoms with Crippen molar-refractivity contribution in [2.24, 2.45) is 5.41 Å². The Bertz CT molecular complexity index is 236. The van der Waals surface area contributed by atoms with Gasteiger partial charge in [0.05, 0.1) is 11.8 Å². The number of aliphatic carboxylic acids is 1. The molecule has 0 atom stereocenters. The number of likely N-dealkylation sites (N-methyl/N-ethyl adjacent to an activating group) is 1. The van der Waals surface area contributed by atoms with Gasteiger partial charge in [-0.15, -0.1) is 0 Å². The van der Waals surface area contributed by atoms with E-state index in [1.165, 1.54) is 0 Å². The summed E-state index contributed by atoms with van der Waals surface area (Å²) < 4.78 is 4.97. The average molecular weight is 217 g/mol. The van der Waals surface area contributed by atoms with Crippen molar-refractivity contribution < 1.29 is 19.4 Å². The molecule has 0 saturated heterocycles. The first-order chi connectivity index (χ1) is 6.75. The van der Waals surface area contributed by atoms with Gasteiger partial charge in [-0.1, -0.05) is 0 Å². The molecule has 0 aromatic heterocycles. The second-order valence-electron chi connectivity index (χ2n) is 4.39. The van der Waals surface area contributed by atoms with Crippen molar-refractivity contribution in [3.05, 3.63) is 0 Å². The first kappa shape index (κ1) is 13.9. The summed E-state index contributed by atoms with van der Waals surface area (Å²) in [7, 11) is 3.74. The Kier molecular flexibility index (Phi) is 5.28. The quantitative estimate of drug-likeness (QED) is 0.660. The fourth-order valence-corrected chi connectivity index (χ4v) is 0.967. The molecule has 0 radical (unpaired) electrons. The van der Waals surface area contributed by atoms with E-state index >= 15 is 0 Å². The molecule has 0 bridgehead atoms. The molecule has 0 spiro atoms. The van der Waals surface area contributed by atoms with Crippen molar-refractivity contribution in [3.63, 3.8) is 0 Å². The molecule has 0 unspecified atom stereocenters. The van der Waals surface area contributed by atoms with E-state index in [4.69, 9.17) is 9.84 Å². The van der Waals surface area contributed by atoms with Gasteiger partial charge >= 0.3 is 11.9 Å². The summed E-state index contributed by atoms with van der Waals surface area (Å²) in [6.07, 6.45) is -0.214. The maximum absolute atomic E-state index is 11.5. The number of hydrogen-bond donors (Lipinski definition) is 1. The number of esters is 1. The topological polar surface area (TPSA) is 66.8 Å². The van der Waals surface area contributed by atoms with E-state index in [2.05, 4.69) is 0 Å². The van der Waals surface area contributed by atoms with Gasteiger partial charge in [0.1, 0.15) is 6.61 Å². The summed E-state index contributed by atoms with van der Waals surface area (Å²) >= 11 is 0. The lowest BCUT2D eigenvalue weighted by molar-refractivity contribution is -0.159. The van der Waals surface area contributed by atoms with Crippen molar-refractivity contribution in [3.8, 4) is 0 Å². The summed E-state index contributed by atoms with van der Waals surface area (Å²) in [6, 6.07) is 0. The third-order valence-corrected chi connectivity index (χ3v) is 1.92. The van der Waals surface area contributed by atoms with Crippen LogP contribution in [0, 0.1) is 5.41 Å². The third kappa shape index (κ3) is 6.06. The zero-order chi connectivity index (χ0) is 12.1. The van der Waals surface area contributed by atoms with Crippen LogP contribution < -0.4 is 0 Å². The smallest absolute Gasteiger partial charge is 0.312 e. The molecule has 0 aromatic carbocycles. The summed E-state index contributed by atoms with van der Waals surface area (Å²) in [4.78, 5) is 23.8. The molecule has 88 valence electrons. The van der Waals surface area contributed by atoms with Gasteiger partial charge in [-0.2, -0.15) is 0 Å². The second kappa shape index (κ2) is 5.70. The first-order valence-electron chi connectivity index (χ1n) is 4.79. The monoisotopic (exact) mass is 217 g/mol. The molecule has 0 rings (SSSR count). The Hall–Kier alpha value is -1.10. The third-order valence-electron chi connectivity index (χ3n) is 1.92. The largest absolute Gasteiger partial charge is 0.481 e. The molecular formula is C10H19NO4. The van der Waals surface area contributed by atoms with E-state index in [0.717, 1.165) is 0 Å². The molecule has 5 nitrogen and oxygen atoms in total. The Morgan fingerprint density at radius 3 is 2.27 bits per heavy atom. The maximum Gasteiger partial charge on any atom is 0.312 e. The molecule has 0 amide bonds. The summed E-state index contributed by atoms with van der Waals surface area (Å²) in [5.74, 6) is -1.46. The van der Waals surface area contributed by atoms with Crippen LogP contribution in [0.2, 0.25) is 0 Å².